The van der Waals surface area contributed by atoms with Crippen LogP contribution >= 0.6 is 7.74 Å². The summed E-state index contributed by atoms with van der Waals surface area (Å²) in [7, 11) is -4.05. The Labute approximate surface area is 133 Å². The van der Waals surface area contributed by atoms with E-state index in [4.69, 9.17) is 22.7 Å². The maximum atomic E-state index is 6.39. The third-order valence-electron chi connectivity index (χ3n) is 4.65. The molecular formula is C15H28NO5P. The van der Waals surface area contributed by atoms with Crippen LogP contribution in [0, 0.1) is 0 Å². The van der Waals surface area contributed by atoms with Gasteiger partial charge in [-0.15, -0.1) is 0 Å². The molecule has 128 valence electrons. The third kappa shape index (κ3) is 2.45. The van der Waals surface area contributed by atoms with Crippen molar-refractivity contribution in [3.8, 4) is 0 Å². The van der Waals surface area contributed by atoms with Crippen molar-refractivity contribution < 1.29 is 22.7 Å². The molecule has 7 heteroatoms. The van der Waals surface area contributed by atoms with Gasteiger partial charge >= 0.3 is 132 Å². The van der Waals surface area contributed by atoms with Gasteiger partial charge in [0.1, 0.15) is 0 Å². The summed E-state index contributed by atoms with van der Waals surface area (Å²) in [4.78, 5) is 0. The number of hydrogen-bond acceptors (Lipinski definition) is 6. The molecule has 0 aromatic heterocycles. The Balaban J connectivity index is 1.95. The van der Waals surface area contributed by atoms with Crippen LogP contribution in [0.1, 0.15) is 60.8 Å². The molecule has 0 aliphatic carbocycles. The van der Waals surface area contributed by atoms with Crippen molar-refractivity contribution in [2.75, 3.05) is 13.2 Å². The van der Waals surface area contributed by atoms with Crippen LogP contribution in [0.15, 0.2) is 11.5 Å². The van der Waals surface area contributed by atoms with Gasteiger partial charge in [0, 0.05) is 0 Å². The van der Waals surface area contributed by atoms with Crippen LogP contribution in [0.5, 0.6) is 0 Å². The fourth-order valence-electron chi connectivity index (χ4n) is 3.52. The molecule has 3 aliphatic heterocycles. The standard InChI is InChI=1S/C15H28NO5P/c1-12-13(2)20-22(19-12,17-10-11-18-22)21-16-14(3,4)8-7-9-15(16,5)6/h7-11H2,1-6H3. The van der Waals surface area contributed by atoms with Crippen molar-refractivity contribution in [2.24, 2.45) is 0 Å². The van der Waals surface area contributed by atoms with Crippen molar-refractivity contribution in [2.45, 2.75) is 71.9 Å². The summed E-state index contributed by atoms with van der Waals surface area (Å²) in [6.45, 7) is 13.2. The molecule has 22 heavy (non-hydrogen) atoms. The van der Waals surface area contributed by atoms with Gasteiger partial charge < -0.3 is 0 Å². The molecule has 3 heterocycles. The van der Waals surface area contributed by atoms with Gasteiger partial charge in [-0.1, -0.05) is 0 Å². The molecule has 3 rings (SSSR count). The van der Waals surface area contributed by atoms with Gasteiger partial charge in [0.05, 0.1) is 0 Å². The van der Waals surface area contributed by atoms with E-state index >= 15 is 0 Å². The molecule has 2 saturated heterocycles. The molecule has 1 spiro atoms. The van der Waals surface area contributed by atoms with Crippen molar-refractivity contribution in [3.05, 3.63) is 11.5 Å². The Bertz CT molecular complexity index is 476. The zero-order chi connectivity index (χ0) is 16.3. The average molecular weight is 333 g/mol. The van der Waals surface area contributed by atoms with E-state index in [1.165, 1.54) is 0 Å². The molecule has 0 bridgehead atoms. The fraction of sp³-hybridized carbons (Fsp3) is 0.867. The second-order valence-corrected chi connectivity index (χ2v) is 10.1. The number of nitrogens with zero attached hydrogens (tertiary/aromatic N) is 1. The molecule has 0 aromatic rings. The van der Waals surface area contributed by atoms with Crippen LogP contribution in [0.25, 0.3) is 0 Å². The summed E-state index contributed by atoms with van der Waals surface area (Å²) in [5.74, 6) is 1.32. The molecule has 0 unspecified atom stereocenters. The molecule has 0 amide bonds. The quantitative estimate of drug-likeness (QED) is 0.697. The monoisotopic (exact) mass is 333 g/mol. The van der Waals surface area contributed by atoms with E-state index in [-0.39, 0.29) is 11.1 Å². The van der Waals surface area contributed by atoms with Gasteiger partial charge in [0.2, 0.25) is 0 Å². The molecule has 0 N–H and O–H groups in total. The number of hydroxylamine groups is 2. The Morgan fingerprint density at radius 3 is 1.82 bits per heavy atom. The van der Waals surface area contributed by atoms with Gasteiger partial charge in [-0.3, -0.25) is 0 Å². The van der Waals surface area contributed by atoms with Crippen molar-refractivity contribution in [1.82, 2.24) is 5.06 Å². The van der Waals surface area contributed by atoms with Crippen molar-refractivity contribution >= 4 is 7.74 Å². The second-order valence-electron chi connectivity index (χ2n) is 7.56. The van der Waals surface area contributed by atoms with Crippen LogP contribution in [0.4, 0.5) is 0 Å². The fourth-order valence-corrected chi connectivity index (χ4v) is 6.61. The summed E-state index contributed by atoms with van der Waals surface area (Å²) in [6, 6.07) is 0. The molecule has 0 atom stereocenters. The normalized spacial score (nSPS) is 34.0. The van der Waals surface area contributed by atoms with Gasteiger partial charge in [0.15, 0.2) is 0 Å². The van der Waals surface area contributed by atoms with E-state index in [1.54, 1.807) is 0 Å². The summed E-state index contributed by atoms with van der Waals surface area (Å²) < 4.78 is 30.1. The first-order valence-corrected chi connectivity index (χ1v) is 9.81. The number of piperidine rings is 1. The van der Waals surface area contributed by atoms with Crippen molar-refractivity contribution in [3.63, 3.8) is 0 Å². The van der Waals surface area contributed by atoms with E-state index in [2.05, 4.69) is 27.7 Å². The van der Waals surface area contributed by atoms with Crippen LogP contribution in [0.3, 0.4) is 0 Å². The Morgan fingerprint density at radius 2 is 1.36 bits per heavy atom. The van der Waals surface area contributed by atoms with E-state index in [0.29, 0.717) is 24.7 Å². The molecule has 2 fully saturated rings. The Kier molecular flexibility index (Phi) is 3.60. The predicted molar refractivity (Wildman–Crippen MR) is 84.3 cm³/mol. The van der Waals surface area contributed by atoms with Gasteiger partial charge in [-0.2, -0.15) is 0 Å². The van der Waals surface area contributed by atoms with Gasteiger partial charge in [-0.05, 0) is 0 Å². The first-order chi connectivity index (χ1) is 10.1. The van der Waals surface area contributed by atoms with Gasteiger partial charge in [0.25, 0.3) is 0 Å². The SMILES string of the molecule is CC1=C(C)OP2(ON3C(C)(C)CCCC3(C)C)(OCCO2)O1. The molecule has 0 aromatic carbocycles. The average Bonchev–Trinajstić information content (AvgIpc) is 2.89. The van der Waals surface area contributed by atoms with E-state index in [1.807, 2.05) is 18.9 Å². The van der Waals surface area contributed by atoms with Crippen molar-refractivity contribution in [1.29, 1.82) is 0 Å². The Morgan fingerprint density at radius 1 is 0.909 bits per heavy atom. The number of allylic oxidation sites excluding steroid dienone is 2. The number of rotatable bonds is 2. The predicted octanol–water partition coefficient (Wildman–Crippen LogP) is 4.43. The maximum absolute atomic E-state index is 6.39. The minimum absolute atomic E-state index is 0.152. The first-order valence-electron chi connectivity index (χ1n) is 7.99. The zero-order valence-electron chi connectivity index (χ0n) is 14.5. The summed E-state index contributed by atoms with van der Waals surface area (Å²) >= 11 is 0. The molecular weight excluding hydrogens is 305 g/mol. The van der Waals surface area contributed by atoms with E-state index < -0.39 is 7.74 Å². The summed E-state index contributed by atoms with van der Waals surface area (Å²) in [6.07, 6.45) is 3.23. The van der Waals surface area contributed by atoms with E-state index in [9.17, 15) is 0 Å². The van der Waals surface area contributed by atoms with Crippen LogP contribution in [-0.4, -0.2) is 29.4 Å². The first kappa shape index (κ1) is 16.5. The molecule has 0 saturated carbocycles. The summed E-state index contributed by atoms with van der Waals surface area (Å²) in [5.41, 5.74) is -0.304. The molecule has 0 radical (unpaired) electrons. The molecule has 6 nitrogen and oxygen atoms in total. The topological polar surface area (TPSA) is 49.4 Å². The zero-order valence-corrected chi connectivity index (χ0v) is 15.4. The van der Waals surface area contributed by atoms with Crippen LogP contribution in [0.2, 0.25) is 0 Å². The summed E-state index contributed by atoms with van der Waals surface area (Å²) in [5, 5.41) is 1.98. The number of hydrogen-bond donors (Lipinski definition) is 0. The van der Waals surface area contributed by atoms with E-state index in [0.717, 1.165) is 19.3 Å². The third-order valence-corrected chi connectivity index (χ3v) is 7.43. The van der Waals surface area contributed by atoms with Crippen LogP contribution in [-0.2, 0) is 22.7 Å². The van der Waals surface area contributed by atoms with Crippen LogP contribution < -0.4 is 0 Å². The second kappa shape index (κ2) is 4.81. The Hall–Kier alpha value is -0.390. The molecule has 3 aliphatic rings. The minimum atomic E-state index is -4.05. The van der Waals surface area contributed by atoms with Gasteiger partial charge in [-0.25, -0.2) is 0 Å².